The molecule has 0 aliphatic heterocycles. The molecule has 0 aromatic heterocycles. The predicted octanol–water partition coefficient (Wildman–Crippen LogP) is 5.13. The van der Waals surface area contributed by atoms with Gasteiger partial charge in [-0.15, -0.1) is 0 Å². The molecule has 112 valence electrons. The van der Waals surface area contributed by atoms with Crippen molar-refractivity contribution in [2.75, 3.05) is 18.5 Å². The van der Waals surface area contributed by atoms with E-state index in [1.807, 2.05) is 36.4 Å². The number of ether oxygens (including phenoxy) is 1. The summed E-state index contributed by atoms with van der Waals surface area (Å²) in [6.07, 6.45) is 0. The standard InChI is InChI=1S/C18H22ClNO/c1-18(2,3)14-4-10-17(11-5-14)21-13-12-20-16-8-6-15(19)7-9-16/h4-11,20H,12-13H2,1-3H3. The lowest BCUT2D eigenvalue weighted by Gasteiger charge is -2.19. The molecule has 2 nitrogen and oxygen atoms in total. The Hall–Kier alpha value is -1.67. The van der Waals surface area contributed by atoms with Gasteiger partial charge in [0.2, 0.25) is 0 Å². The molecule has 0 heterocycles. The summed E-state index contributed by atoms with van der Waals surface area (Å²) in [7, 11) is 0. The maximum atomic E-state index is 5.85. The maximum Gasteiger partial charge on any atom is 0.119 e. The van der Waals surface area contributed by atoms with Crippen LogP contribution in [-0.4, -0.2) is 13.2 Å². The molecule has 21 heavy (non-hydrogen) atoms. The first-order chi connectivity index (χ1) is 9.95. The Kier molecular flexibility index (Phi) is 5.13. The summed E-state index contributed by atoms with van der Waals surface area (Å²) >= 11 is 5.85. The summed E-state index contributed by atoms with van der Waals surface area (Å²) in [5.41, 5.74) is 2.54. The normalized spacial score (nSPS) is 11.2. The van der Waals surface area contributed by atoms with Crippen LogP contribution < -0.4 is 10.1 Å². The van der Waals surface area contributed by atoms with Crippen molar-refractivity contribution < 1.29 is 4.74 Å². The van der Waals surface area contributed by atoms with Crippen molar-refractivity contribution in [2.24, 2.45) is 0 Å². The Labute approximate surface area is 132 Å². The zero-order valence-corrected chi connectivity index (χ0v) is 13.6. The van der Waals surface area contributed by atoms with Crippen LogP contribution in [0.4, 0.5) is 5.69 Å². The van der Waals surface area contributed by atoms with Crippen LogP contribution in [0.15, 0.2) is 48.5 Å². The van der Waals surface area contributed by atoms with Crippen LogP contribution >= 0.6 is 11.6 Å². The molecule has 2 rings (SSSR count). The molecular formula is C18H22ClNO. The minimum Gasteiger partial charge on any atom is -0.492 e. The van der Waals surface area contributed by atoms with Crippen molar-refractivity contribution in [3.05, 3.63) is 59.1 Å². The number of halogens is 1. The van der Waals surface area contributed by atoms with Crippen molar-refractivity contribution in [2.45, 2.75) is 26.2 Å². The number of hydrogen-bond donors (Lipinski definition) is 1. The Bertz CT molecular complexity index is 555. The first-order valence-electron chi connectivity index (χ1n) is 7.18. The third-order valence-electron chi connectivity index (χ3n) is 3.26. The average molecular weight is 304 g/mol. The Morgan fingerprint density at radius 3 is 2.14 bits per heavy atom. The number of nitrogens with one attached hydrogen (secondary N) is 1. The second-order valence-electron chi connectivity index (χ2n) is 6.06. The molecule has 0 amide bonds. The van der Waals surface area contributed by atoms with Gasteiger partial charge < -0.3 is 10.1 Å². The number of hydrogen-bond acceptors (Lipinski definition) is 2. The summed E-state index contributed by atoms with van der Waals surface area (Å²) in [4.78, 5) is 0. The molecule has 0 fully saturated rings. The molecule has 0 radical (unpaired) electrons. The lowest BCUT2D eigenvalue weighted by Crippen LogP contribution is -2.12. The molecule has 0 aliphatic carbocycles. The summed E-state index contributed by atoms with van der Waals surface area (Å²) < 4.78 is 5.73. The van der Waals surface area contributed by atoms with Crippen molar-refractivity contribution >= 4 is 17.3 Å². The van der Waals surface area contributed by atoms with Gasteiger partial charge >= 0.3 is 0 Å². The molecule has 0 unspecified atom stereocenters. The second-order valence-corrected chi connectivity index (χ2v) is 6.49. The van der Waals surface area contributed by atoms with E-state index in [0.717, 1.165) is 23.0 Å². The number of rotatable bonds is 5. The van der Waals surface area contributed by atoms with Gasteiger partial charge in [0.1, 0.15) is 12.4 Å². The van der Waals surface area contributed by atoms with Gasteiger partial charge in [0.15, 0.2) is 0 Å². The van der Waals surface area contributed by atoms with Crippen LogP contribution in [0.3, 0.4) is 0 Å². The molecule has 2 aromatic carbocycles. The minimum atomic E-state index is 0.175. The van der Waals surface area contributed by atoms with Crippen LogP contribution in [0.2, 0.25) is 5.02 Å². The molecule has 1 N–H and O–H groups in total. The van der Waals surface area contributed by atoms with E-state index in [4.69, 9.17) is 16.3 Å². The second kappa shape index (κ2) is 6.86. The van der Waals surface area contributed by atoms with E-state index < -0.39 is 0 Å². The van der Waals surface area contributed by atoms with Gasteiger partial charge in [-0.05, 0) is 47.4 Å². The number of anilines is 1. The molecular weight excluding hydrogens is 282 g/mol. The van der Waals surface area contributed by atoms with Crippen molar-refractivity contribution in [3.8, 4) is 5.75 Å². The highest BCUT2D eigenvalue weighted by molar-refractivity contribution is 6.30. The molecule has 2 aromatic rings. The fourth-order valence-electron chi connectivity index (χ4n) is 1.98. The van der Waals surface area contributed by atoms with E-state index in [1.54, 1.807) is 0 Å². The zero-order chi connectivity index (χ0) is 15.3. The quantitative estimate of drug-likeness (QED) is 0.773. The van der Waals surface area contributed by atoms with Crippen molar-refractivity contribution in [1.82, 2.24) is 0 Å². The SMILES string of the molecule is CC(C)(C)c1ccc(OCCNc2ccc(Cl)cc2)cc1. The highest BCUT2D eigenvalue weighted by Crippen LogP contribution is 2.24. The van der Waals surface area contributed by atoms with Gasteiger partial charge in [0.05, 0.1) is 0 Å². The molecule has 0 saturated heterocycles. The van der Waals surface area contributed by atoms with Crippen LogP contribution in [0.5, 0.6) is 5.75 Å². The lowest BCUT2D eigenvalue weighted by atomic mass is 9.87. The smallest absolute Gasteiger partial charge is 0.119 e. The van der Waals surface area contributed by atoms with Crippen molar-refractivity contribution in [1.29, 1.82) is 0 Å². The predicted molar refractivity (Wildman–Crippen MR) is 90.6 cm³/mol. The highest BCUT2D eigenvalue weighted by atomic mass is 35.5. The van der Waals surface area contributed by atoms with E-state index in [9.17, 15) is 0 Å². The van der Waals surface area contributed by atoms with E-state index in [2.05, 4.69) is 38.2 Å². The van der Waals surface area contributed by atoms with Gasteiger partial charge in [-0.3, -0.25) is 0 Å². The summed E-state index contributed by atoms with van der Waals surface area (Å²) in [5, 5.41) is 4.04. The third kappa shape index (κ3) is 4.98. The summed E-state index contributed by atoms with van der Waals surface area (Å²) in [6, 6.07) is 16.0. The minimum absolute atomic E-state index is 0.175. The highest BCUT2D eigenvalue weighted by Gasteiger charge is 2.12. The molecule has 0 saturated carbocycles. The van der Waals surface area contributed by atoms with Crippen LogP contribution in [-0.2, 0) is 5.41 Å². The van der Waals surface area contributed by atoms with Crippen LogP contribution in [0.25, 0.3) is 0 Å². The Balaban J connectivity index is 1.77. The molecule has 3 heteroatoms. The van der Waals surface area contributed by atoms with E-state index in [-0.39, 0.29) is 5.41 Å². The lowest BCUT2D eigenvalue weighted by molar-refractivity contribution is 0.332. The van der Waals surface area contributed by atoms with Crippen molar-refractivity contribution in [3.63, 3.8) is 0 Å². The topological polar surface area (TPSA) is 21.3 Å². The molecule has 0 spiro atoms. The van der Waals surface area contributed by atoms with E-state index >= 15 is 0 Å². The van der Waals surface area contributed by atoms with E-state index in [0.29, 0.717) is 6.61 Å². The van der Waals surface area contributed by atoms with Crippen LogP contribution in [0, 0.1) is 0 Å². The molecule has 0 atom stereocenters. The average Bonchev–Trinajstić information content (AvgIpc) is 2.45. The van der Waals surface area contributed by atoms with Gasteiger partial charge in [-0.2, -0.15) is 0 Å². The van der Waals surface area contributed by atoms with Gasteiger partial charge in [-0.25, -0.2) is 0 Å². The first-order valence-corrected chi connectivity index (χ1v) is 7.56. The fourth-order valence-corrected chi connectivity index (χ4v) is 2.11. The largest absolute Gasteiger partial charge is 0.492 e. The zero-order valence-electron chi connectivity index (χ0n) is 12.8. The maximum absolute atomic E-state index is 5.85. The third-order valence-corrected chi connectivity index (χ3v) is 3.52. The monoisotopic (exact) mass is 303 g/mol. The van der Waals surface area contributed by atoms with Gasteiger partial charge in [-0.1, -0.05) is 44.5 Å². The number of benzene rings is 2. The van der Waals surface area contributed by atoms with E-state index in [1.165, 1.54) is 5.56 Å². The summed E-state index contributed by atoms with van der Waals surface area (Å²) in [6.45, 7) is 8.00. The summed E-state index contributed by atoms with van der Waals surface area (Å²) in [5.74, 6) is 0.904. The first kappa shape index (κ1) is 15.7. The Morgan fingerprint density at radius 1 is 0.952 bits per heavy atom. The molecule has 0 aliphatic rings. The van der Waals surface area contributed by atoms with Gasteiger partial charge in [0.25, 0.3) is 0 Å². The molecule has 0 bridgehead atoms. The fraction of sp³-hybridized carbons (Fsp3) is 0.333. The van der Waals surface area contributed by atoms with Crippen LogP contribution in [0.1, 0.15) is 26.3 Å². The van der Waals surface area contributed by atoms with Gasteiger partial charge in [0, 0.05) is 17.3 Å². The Morgan fingerprint density at radius 2 is 1.57 bits per heavy atom.